The molecule has 0 bridgehead atoms. The summed E-state index contributed by atoms with van der Waals surface area (Å²) in [4.78, 5) is 8.68. The van der Waals surface area contributed by atoms with Gasteiger partial charge in [-0.3, -0.25) is 4.98 Å². The molecule has 0 aliphatic heterocycles. The lowest BCUT2D eigenvalue weighted by Gasteiger charge is -2.09. The summed E-state index contributed by atoms with van der Waals surface area (Å²) in [5, 5.41) is 3.31. The third kappa shape index (κ3) is 4.63. The summed E-state index contributed by atoms with van der Waals surface area (Å²) in [5.74, 6) is 0.689. The van der Waals surface area contributed by atoms with E-state index in [-0.39, 0.29) is 0 Å². The molecule has 2 heterocycles. The van der Waals surface area contributed by atoms with Crippen molar-refractivity contribution in [1.82, 2.24) is 15.3 Å². The number of aryl methyl sites for hydroxylation is 1. The Kier molecular flexibility index (Phi) is 5.50. The fourth-order valence-corrected chi connectivity index (χ4v) is 1.96. The molecule has 2 rings (SSSR count). The molecule has 20 heavy (non-hydrogen) atoms. The van der Waals surface area contributed by atoms with Crippen LogP contribution in [0.3, 0.4) is 0 Å². The Balaban J connectivity index is 1.90. The first-order chi connectivity index (χ1) is 9.78. The second-order valence-electron chi connectivity index (χ2n) is 4.65. The number of nitrogens with zero attached hydrogens (tertiary/aromatic N) is 2. The summed E-state index contributed by atoms with van der Waals surface area (Å²) < 4.78 is 5.73. The van der Waals surface area contributed by atoms with Gasteiger partial charge in [-0.15, -0.1) is 0 Å². The zero-order valence-electron chi connectivity index (χ0n) is 12.1. The van der Waals surface area contributed by atoms with Gasteiger partial charge in [0.1, 0.15) is 0 Å². The van der Waals surface area contributed by atoms with Gasteiger partial charge in [-0.05, 0) is 37.2 Å². The van der Waals surface area contributed by atoms with E-state index >= 15 is 0 Å². The van der Waals surface area contributed by atoms with Crippen LogP contribution in [0.15, 0.2) is 36.5 Å². The molecule has 4 nitrogen and oxygen atoms in total. The van der Waals surface area contributed by atoms with E-state index in [4.69, 9.17) is 4.74 Å². The summed E-state index contributed by atoms with van der Waals surface area (Å²) in [7, 11) is 0. The van der Waals surface area contributed by atoms with Crippen LogP contribution >= 0.6 is 0 Å². The first-order valence-electron chi connectivity index (χ1n) is 6.99. The highest BCUT2D eigenvalue weighted by Gasteiger charge is 2.02. The highest BCUT2D eigenvalue weighted by molar-refractivity contribution is 5.24. The summed E-state index contributed by atoms with van der Waals surface area (Å²) in [6, 6.07) is 9.98. The molecule has 106 valence electrons. The average Bonchev–Trinajstić information content (AvgIpc) is 2.46. The fourth-order valence-electron chi connectivity index (χ4n) is 1.96. The van der Waals surface area contributed by atoms with Gasteiger partial charge in [-0.1, -0.05) is 13.0 Å². The summed E-state index contributed by atoms with van der Waals surface area (Å²) >= 11 is 0. The highest BCUT2D eigenvalue weighted by atomic mass is 16.5. The van der Waals surface area contributed by atoms with Crippen molar-refractivity contribution >= 4 is 0 Å². The predicted octanol–water partition coefficient (Wildman–Crippen LogP) is 2.52. The molecule has 2 aromatic rings. The molecule has 1 N–H and O–H groups in total. The fraction of sp³-hybridized carbons (Fsp3) is 0.375. The largest absolute Gasteiger partial charge is 0.477 e. The molecule has 0 aliphatic rings. The SMILES string of the molecule is CCNCc1cc(C)nc(OCCc2ccccn2)c1. The standard InChI is InChI=1S/C16H21N3O/c1-3-17-12-14-10-13(2)19-16(11-14)20-9-7-15-6-4-5-8-18-15/h4-6,8,10-11,17H,3,7,9,12H2,1-2H3. The van der Waals surface area contributed by atoms with E-state index in [1.54, 1.807) is 6.20 Å². The molecule has 0 aromatic carbocycles. The van der Waals surface area contributed by atoms with Crippen LogP contribution in [0.2, 0.25) is 0 Å². The van der Waals surface area contributed by atoms with E-state index in [2.05, 4.69) is 28.3 Å². The lowest BCUT2D eigenvalue weighted by molar-refractivity contribution is 0.307. The van der Waals surface area contributed by atoms with Crippen molar-refractivity contribution in [1.29, 1.82) is 0 Å². The van der Waals surface area contributed by atoms with Crippen LogP contribution in [0.4, 0.5) is 0 Å². The maximum absolute atomic E-state index is 5.73. The molecule has 0 spiro atoms. The van der Waals surface area contributed by atoms with Gasteiger partial charge >= 0.3 is 0 Å². The molecule has 2 aromatic heterocycles. The summed E-state index contributed by atoms with van der Waals surface area (Å²) in [6.45, 7) is 6.47. The maximum atomic E-state index is 5.73. The van der Waals surface area contributed by atoms with Crippen molar-refractivity contribution in [3.8, 4) is 5.88 Å². The lowest BCUT2D eigenvalue weighted by atomic mass is 10.2. The van der Waals surface area contributed by atoms with Crippen molar-refractivity contribution in [2.45, 2.75) is 26.8 Å². The summed E-state index contributed by atoms with van der Waals surface area (Å²) in [5.41, 5.74) is 3.22. The number of pyridine rings is 2. The number of ether oxygens (including phenoxy) is 1. The van der Waals surface area contributed by atoms with Crippen molar-refractivity contribution in [3.05, 3.63) is 53.5 Å². The van der Waals surface area contributed by atoms with E-state index in [0.717, 1.165) is 30.9 Å². The number of aromatic nitrogens is 2. The first-order valence-corrected chi connectivity index (χ1v) is 6.99. The van der Waals surface area contributed by atoms with Gasteiger partial charge in [-0.2, -0.15) is 0 Å². The maximum Gasteiger partial charge on any atom is 0.213 e. The van der Waals surface area contributed by atoms with Gasteiger partial charge in [-0.25, -0.2) is 4.98 Å². The van der Waals surface area contributed by atoms with Crippen LogP contribution in [0.25, 0.3) is 0 Å². The molecule has 4 heteroatoms. The predicted molar refractivity (Wildman–Crippen MR) is 79.8 cm³/mol. The van der Waals surface area contributed by atoms with Crippen LogP contribution in [0, 0.1) is 6.92 Å². The molecule has 0 aliphatic carbocycles. The molecule has 0 radical (unpaired) electrons. The Morgan fingerprint density at radius 3 is 2.90 bits per heavy atom. The lowest BCUT2D eigenvalue weighted by Crippen LogP contribution is -2.12. The second-order valence-corrected chi connectivity index (χ2v) is 4.65. The van der Waals surface area contributed by atoms with Crippen LogP contribution in [-0.2, 0) is 13.0 Å². The topological polar surface area (TPSA) is 47.0 Å². The quantitative estimate of drug-likeness (QED) is 0.840. The van der Waals surface area contributed by atoms with Crippen molar-refractivity contribution < 1.29 is 4.74 Å². The molecular formula is C16H21N3O. The molecule has 0 atom stereocenters. The number of hydrogen-bond donors (Lipinski definition) is 1. The Morgan fingerprint density at radius 2 is 2.15 bits per heavy atom. The molecule has 0 amide bonds. The zero-order valence-corrected chi connectivity index (χ0v) is 12.1. The van der Waals surface area contributed by atoms with Gasteiger partial charge in [0.2, 0.25) is 5.88 Å². The van der Waals surface area contributed by atoms with E-state index in [9.17, 15) is 0 Å². The van der Waals surface area contributed by atoms with Crippen molar-refractivity contribution in [3.63, 3.8) is 0 Å². The smallest absolute Gasteiger partial charge is 0.213 e. The van der Waals surface area contributed by atoms with Crippen LogP contribution < -0.4 is 10.1 Å². The molecule has 0 saturated carbocycles. The minimum atomic E-state index is 0.591. The van der Waals surface area contributed by atoms with Gasteiger partial charge in [0.25, 0.3) is 0 Å². The van der Waals surface area contributed by atoms with Crippen LogP contribution in [0.1, 0.15) is 23.9 Å². The van der Waals surface area contributed by atoms with E-state index < -0.39 is 0 Å². The van der Waals surface area contributed by atoms with E-state index in [1.165, 1.54) is 5.56 Å². The van der Waals surface area contributed by atoms with Crippen LogP contribution in [0.5, 0.6) is 5.88 Å². The normalized spacial score (nSPS) is 10.5. The summed E-state index contributed by atoms with van der Waals surface area (Å²) in [6.07, 6.45) is 2.59. The first kappa shape index (κ1) is 14.5. The van der Waals surface area contributed by atoms with Gasteiger partial charge in [0.15, 0.2) is 0 Å². The van der Waals surface area contributed by atoms with E-state index in [0.29, 0.717) is 12.5 Å². The Bertz CT molecular complexity index is 529. The molecule has 0 saturated heterocycles. The molecule has 0 fully saturated rings. The zero-order chi connectivity index (χ0) is 14.2. The number of rotatable bonds is 7. The number of hydrogen-bond acceptors (Lipinski definition) is 4. The Hall–Kier alpha value is -1.94. The minimum Gasteiger partial charge on any atom is -0.477 e. The van der Waals surface area contributed by atoms with Crippen molar-refractivity contribution in [2.24, 2.45) is 0 Å². The van der Waals surface area contributed by atoms with Gasteiger partial charge in [0.05, 0.1) is 6.61 Å². The molecular weight excluding hydrogens is 250 g/mol. The monoisotopic (exact) mass is 271 g/mol. The third-order valence-electron chi connectivity index (χ3n) is 2.90. The Labute approximate surface area is 120 Å². The molecule has 0 unspecified atom stereocenters. The van der Waals surface area contributed by atoms with Crippen LogP contribution in [-0.4, -0.2) is 23.1 Å². The second kappa shape index (κ2) is 7.60. The Morgan fingerprint density at radius 1 is 1.25 bits per heavy atom. The third-order valence-corrected chi connectivity index (χ3v) is 2.90. The minimum absolute atomic E-state index is 0.591. The van der Waals surface area contributed by atoms with E-state index in [1.807, 2.05) is 31.2 Å². The highest BCUT2D eigenvalue weighted by Crippen LogP contribution is 2.12. The van der Waals surface area contributed by atoms with Gasteiger partial charge < -0.3 is 10.1 Å². The van der Waals surface area contributed by atoms with Crippen molar-refractivity contribution in [2.75, 3.05) is 13.2 Å². The van der Waals surface area contributed by atoms with Gasteiger partial charge in [0, 0.05) is 36.6 Å². The number of nitrogens with one attached hydrogen (secondary N) is 1. The average molecular weight is 271 g/mol.